The Bertz CT molecular complexity index is 957. The standard InChI is InChI=1S/C16H15N3O4S/c1-3-6-19-14(21)11(13(20)18-16(19)24)8-17-12-5-4-10(15(22)23)7-9(12)2/h3-5,7-8,21H,1,6H2,2H3,(H,22,23)(H,18,20,24). The number of aromatic hydroxyl groups is 1. The predicted molar refractivity (Wildman–Crippen MR) is 93.1 cm³/mol. The Morgan fingerprint density at radius 2 is 2.21 bits per heavy atom. The van der Waals surface area contributed by atoms with Crippen LogP contribution in [0.25, 0.3) is 0 Å². The van der Waals surface area contributed by atoms with E-state index in [1.807, 2.05) is 0 Å². The molecule has 3 N–H and O–H groups in total. The number of nitrogens with one attached hydrogen (secondary N) is 1. The van der Waals surface area contributed by atoms with Crippen LogP contribution in [0.15, 0.2) is 40.6 Å². The molecule has 0 atom stereocenters. The van der Waals surface area contributed by atoms with Gasteiger partial charge in [-0.05, 0) is 42.9 Å². The van der Waals surface area contributed by atoms with Crippen LogP contribution in [0.4, 0.5) is 5.69 Å². The van der Waals surface area contributed by atoms with E-state index in [4.69, 9.17) is 17.3 Å². The monoisotopic (exact) mass is 345 g/mol. The fraction of sp³-hybridized carbons (Fsp3) is 0.125. The van der Waals surface area contributed by atoms with Gasteiger partial charge in [-0.25, -0.2) is 4.79 Å². The SMILES string of the molecule is C=CCn1c(O)c(C=Nc2ccc(C(=O)O)cc2C)c(=O)[nH]c1=S. The van der Waals surface area contributed by atoms with Gasteiger partial charge in [0.15, 0.2) is 4.77 Å². The highest BCUT2D eigenvalue weighted by Gasteiger charge is 2.10. The molecule has 2 aromatic rings. The smallest absolute Gasteiger partial charge is 0.335 e. The highest BCUT2D eigenvalue weighted by atomic mass is 32.1. The van der Waals surface area contributed by atoms with Crippen LogP contribution in [0.2, 0.25) is 0 Å². The normalized spacial score (nSPS) is 10.9. The van der Waals surface area contributed by atoms with Crippen molar-refractivity contribution in [2.24, 2.45) is 4.99 Å². The van der Waals surface area contributed by atoms with Crippen molar-refractivity contribution >= 4 is 30.1 Å². The molecule has 124 valence electrons. The van der Waals surface area contributed by atoms with Crippen LogP contribution in [0.5, 0.6) is 5.88 Å². The number of carbonyl (C=O) groups is 1. The predicted octanol–water partition coefficient (Wildman–Crippen LogP) is 2.55. The van der Waals surface area contributed by atoms with Crippen molar-refractivity contribution in [2.75, 3.05) is 0 Å². The molecule has 2 rings (SSSR count). The van der Waals surface area contributed by atoms with E-state index in [1.165, 1.54) is 35.1 Å². The Kier molecular flexibility index (Phi) is 5.10. The number of nitrogens with zero attached hydrogens (tertiary/aromatic N) is 2. The van der Waals surface area contributed by atoms with Crippen LogP contribution in [-0.2, 0) is 6.54 Å². The highest BCUT2D eigenvalue weighted by molar-refractivity contribution is 7.71. The Morgan fingerprint density at radius 3 is 2.79 bits per heavy atom. The van der Waals surface area contributed by atoms with Crippen molar-refractivity contribution in [3.63, 3.8) is 0 Å². The zero-order valence-electron chi connectivity index (χ0n) is 12.8. The van der Waals surface area contributed by atoms with Crippen LogP contribution in [-0.4, -0.2) is 31.9 Å². The fourth-order valence-corrected chi connectivity index (χ4v) is 2.31. The average Bonchev–Trinajstić information content (AvgIpc) is 2.52. The fourth-order valence-electron chi connectivity index (χ4n) is 2.06. The molecule has 0 radical (unpaired) electrons. The summed E-state index contributed by atoms with van der Waals surface area (Å²) in [6.07, 6.45) is 2.74. The van der Waals surface area contributed by atoms with Gasteiger partial charge in [0.05, 0.1) is 11.3 Å². The zero-order valence-corrected chi connectivity index (χ0v) is 13.6. The maximum absolute atomic E-state index is 12.0. The lowest BCUT2D eigenvalue weighted by Gasteiger charge is -2.08. The number of aromatic nitrogens is 2. The first-order chi connectivity index (χ1) is 11.3. The first-order valence-electron chi connectivity index (χ1n) is 6.90. The number of benzene rings is 1. The number of H-pyrrole nitrogens is 1. The maximum Gasteiger partial charge on any atom is 0.335 e. The number of carboxylic acid groups (broad SMARTS) is 1. The molecule has 1 aromatic heterocycles. The summed E-state index contributed by atoms with van der Waals surface area (Å²) in [5, 5.41) is 19.2. The second-order valence-corrected chi connectivity index (χ2v) is 5.35. The van der Waals surface area contributed by atoms with Crippen molar-refractivity contribution in [3.05, 3.63) is 62.7 Å². The minimum atomic E-state index is -1.03. The second-order valence-electron chi connectivity index (χ2n) is 4.96. The Morgan fingerprint density at radius 1 is 1.50 bits per heavy atom. The van der Waals surface area contributed by atoms with E-state index < -0.39 is 11.5 Å². The lowest BCUT2D eigenvalue weighted by Crippen LogP contribution is -2.18. The topological polar surface area (TPSA) is 108 Å². The maximum atomic E-state index is 12.0. The van der Waals surface area contributed by atoms with Crippen LogP contribution < -0.4 is 5.56 Å². The molecule has 0 spiro atoms. The average molecular weight is 345 g/mol. The van der Waals surface area contributed by atoms with Crippen LogP contribution in [0.3, 0.4) is 0 Å². The molecule has 1 aromatic carbocycles. The van der Waals surface area contributed by atoms with Gasteiger partial charge in [0.2, 0.25) is 5.88 Å². The molecule has 0 unspecified atom stereocenters. The van der Waals surface area contributed by atoms with Gasteiger partial charge in [-0.3, -0.25) is 19.3 Å². The number of aromatic carboxylic acids is 1. The van der Waals surface area contributed by atoms with Crippen LogP contribution in [0, 0.1) is 11.7 Å². The van der Waals surface area contributed by atoms with Crippen LogP contribution in [0.1, 0.15) is 21.5 Å². The van der Waals surface area contributed by atoms with Crippen molar-refractivity contribution in [3.8, 4) is 5.88 Å². The van der Waals surface area contributed by atoms with Gasteiger partial charge in [0, 0.05) is 12.8 Å². The second kappa shape index (κ2) is 7.05. The number of carboxylic acids is 1. The van der Waals surface area contributed by atoms with E-state index in [0.717, 1.165) is 0 Å². The van der Waals surface area contributed by atoms with Crippen molar-refractivity contribution < 1.29 is 15.0 Å². The summed E-state index contributed by atoms with van der Waals surface area (Å²) in [6.45, 7) is 5.50. The summed E-state index contributed by atoms with van der Waals surface area (Å²) in [7, 11) is 0. The summed E-state index contributed by atoms with van der Waals surface area (Å²) >= 11 is 4.99. The van der Waals surface area contributed by atoms with Crippen molar-refractivity contribution in [1.82, 2.24) is 9.55 Å². The van der Waals surface area contributed by atoms with Gasteiger partial charge in [-0.15, -0.1) is 6.58 Å². The van der Waals surface area contributed by atoms with Crippen molar-refractivity contribution in [2.45, 2.75) is 13.5 Å². The first kappa shape index (κ1) is 17.4. The summed E-state index contributed by atoms with van der Waals surface area (Å²) in [4.78, 5) is 29.5. The Balaban J connectivity index is 2.48. The summed E-state index contributed by atoms with van der Waals surface area (Å²) in [6, 6.07) is 4.42. The number of allylic oxidation sites excluding steroid dienone is 1. The highest BCUT2D eigenvalue weighted by Crippen LogP contribution is 2.20. The first-order valence-corrected chi connectivity index (χ1v) is 7.31. The number of aryl methyl sites for hydroxylation is 1. The third-order valence-electron chi connectivity index (χ3n) is 3.29. The lowest BCUT2D eigenvalue weighted by atomic mass is 10.1. The molecule has 0 aliphatic carbocycles. The number of aliphatic imine (C=N–C) groups is 1. The Labute approximate surface area is 142 Å². The minimum Gasteiger partial charge on any atom is -0.494 e. The third kappa shape index (κ3) is 3.49. The van der Waals surface area contributed by atoms with Gasteiger partial charge >= 0.3 is 5.97 Å². The van der Waals surface area contributed by atoms with E-state index >= 15 is 0 Å². The lowest BCUT2D eigenvalue weighted by molar-refractivity contribution is 0.0697. The quantitative estimate of drug-likeness (QED) is 0.438. The van der Waals surface area contributed by atoms with Crippen LogP contribution >= 0.6 is 12.2 Å². The molecule has 7 nitrogen and oxygen atoms in total. The molecule has 1 heterocycles. The largest absolute Gasteiger partial charge is 0.494 e. The number of aromatic amines is 1. The zero-order chi connectivity index (χ0) is 17.9. The van der Waals surface area contributed by atoms with Gasteiger partial charge in [0.25, 0.3) is 5.56 Å². The van der Waals surface area contributed by atoms with E-state index in [2.05, 4.69) is 16.6 Å². The molecule has 0 aliphatic heterocycles. The van der Waals surface area contributed by atoms with E-state index in [1.54, 1.807) is 6.92 Å². The molecule has 0 amide bonds. The number of hydrogen-bond donors (Lipinski definition) is 3. The molecule has 0 aliphatic rings. The summed E-state index contributed by atoms with van der Waals surface area (Å²) < 4.78 is 1.39. The number of hydrogen-bond acceptors (Lipinski definition) is 5. The summed E-state index contributed by atoms with van der Waals surface area (Å²) in [5.74, 6) is -1.35. The molecule has 0 fully saturated rings. The van der Waals surface area contributed by atoms with E-state index in [0.29, 0.717) is 11.3 Å². The van der Waals surface area contributed by atoms with Gasteiger partial charge in [-0.2, -0.15) is 0 Å². The number of rotatable bonds is 5. The molecule has 24 heavy (non-hydrogen) atoms. The van der Waals surface area contributed by atoms with Crippen molar-refractivity contribution in [1.29, 1.82) is 0 Å². The molecular formula is C16H15N3O4S. The molecule has 8 heteroatoms. The molecular weight excluding hydrogens is 330 g/mol. The van der Waals surface area contributed by atoms with E-state index in [9.17, 15) is 14.7 Å². The van der Waals surface area contributed by atoms with Gasteiger partial charge in [0.1, 0.15) is 5.56 Å². The summed E-state index contributed by atoms with van der Waals surface area (Å²) in [5.41, 5.74) is 0.636. The van der Waals surface area contributed by atoms with Gasteiger partial charge < -0.3 is 10.2 Å². The third-order valence-corrected chi connectivity index (χ3v) is 3.62. The molecule has 0 saturated heterocycles. The van der Waals surface area contributed by atoms with Gasteiger partial charge in [-0.1, -0.05) is 6.08 Å². The molecule has 0 saturated carbocycles. The molecule has 0 bridgehead atoms. The van der Waals surface area contributed by atoms with E-state index in [-0.39, 0.29) is 28.3 Å². The minimum absolute atomic E-state index is 0.0489. The Hall–Kier alpha value is -3.00.